The molecule has 0 heterocycles. The van der Waals surface area contributed by atoms with Crippen molar-refractivity contribution in [2.45, 2.75) is 42.6 Å². The molecule has 0 bridgehead atoms. The first-order valence-electron chi connectivity index (χ1n) is 5.94. The van der Waals surface area contributed by atoms with E-state index in [4.69, 9.17) is 0 Å². The van der Waals surface area contributed by atoms with E-state index >= 15 is 0 Å². The second-order valence-electron chi connectivity index (χ2n) is 4.72. The molecule has 0 radical (unpaired) electrons. The summed E-state index contributed by atoms with van der Waals surface area (Å²) in [5.74, 6) is -4.78. The minimum Gasteiger partial charge on any atom is -0.195 e. The van der Waals surface area contributed by atoms with Crippen LogP contribution in [0.15, 0.2) is 18.2 Å². The fraction of sp³-hybridized carbons (Fsp3) is 0.538. The first-order chi connectivity index (χ1) is 8.73. The molecular weight excluding hydrogens is 331 g/mol. The largest absolute Gasteiger partial charge is 0.454 e. The number of rotatable bonds is 2. The first-order valence-corrected chi connectivity index (χ1v) is 6.85. The van der Waals surface area contributed by atoms with Crippen LogP contribution in [0.25, 0.3) is 0 Å². The van der Waals surface area contributed by atoms with Crippen molar-refractivity contribution < 1.29 is 22.0 Å². The van der Waals surface area contributed by atoms with Crippen LogP contribution >= 0.6 is 15.9 Å². The third-order valence-electron chi connectivity index (χ3n) is 3.36. The number of hydrogen-bond acceptors (Lipinski definition) is 0. The highest BCUT2D eigenvalue weighted by molar-refractivity contribution is 9.09. The van der Waals surface area contributed by atoms with Crippen LogP contribution in [-0.4, -0.2) is 12.1 Å². The van der Waals surface area contributed by atoms with E-state index in [9.17, 15) is 22.0 Å². The molecule has 106 valence electrons. The van der Waals surface area contributed by atoms with Crippen molar-refractivity contribution in [3.8, 4) is 0 Å². The fourth-order valence-electron chi connectivity index (χ4n) is 2.26. The van der Waals surface area contributed by atoms with Gasteiger partial charge >= 0.3 is 12.1 Å². The van der Waals surface area contributed by atoms with Gasteiger partial charge in [0.05, 0.1) is 0 Å². The lowest BCUT2D eigenvalue weighted by Gasteiger charge is -2.26. The lowest BCUT2D eigenvalue weighted by Crippen LogP contribution is -2.40. The third kappa shape index (κ3) is 2.78. The van der Waals surface area contributed by atoms with Crippen LogP contribution in [0.3, 0.4) is 0 Å². The molecule has 19 heavy (non-hydrogen) atoms. The Balaban J connectivity index is 2.32. The Morgan fingerprint density at radius 2 is 1.53 bits per heavy atom. The number of aryl methyl sites for hydroxylation is 2. The maximum atomic E-state index is 13.3. The summed E-state index contributed by atoms with van der Waals surface area (Å²) < 4.78 is 63.5. The maximum absolute atomic E-state index is 13.3. The standard InChI is InChI=1S/C13H12BrF5/c14-11(12(15,16)13(17,18)19)10-6-5-8-3-1-2-4-9(8)7-10/h5-7,11H,1-4H2. The van der Waals surface area contributed by atoms with Gasteiger partial charge in [0, 0.05) is 0 Å². The Labute approximate surface area is 116 Å². The van der Waals surface area contributed by atoms with Gasteiger partial charge in [0.25, 0.3) is 0 Å². The van der Waals surface area contributed by atoms with E-state index in [1.807, 2.05) is 0 Å². The van der Waals surface area contributed by atoms with E-state index in [0.717, 1.165) is 36.8 Å². The van der Waals surface area contributed by atoms with Crippen molar-refractivity contribution in [2.24, 2.45) is 0 Å². The summed E-state index contributed by atoms with van der Waals surface area (Å²) in [5, 5.41) is 0. The Morgan fingerprint density at radius 1 is 0.947 bits per heavy atom. The Morgan fingerprint density at radius 3 is 2.11 bits per heavy atom. The van der Waals surface area contributed by atoms with E-state index in [1.54, 1.807) is 6.07 Å². The van der Waals surface area contributed by atoms with Crippen molar-refractivity contribution in [2.75, 3.05) is 0 Å². The average molecular weight is 343 g/mol. The molecule has 1 unspecified atom stereocenters. The van der Waals surface area contributed by atoms with Crippen LogP contribution in [0.1, 0.15) is 34.4 Å². The summed E-state index contributed by atoms with van der Waals surface area (Å²) in [4.78, 5) is -2.05. The Bertz CT molecular complexity index is 467. The zero-order valence-corrected chi connectivity index (χ0v) is 11.5. The van der Waals surface area contributed by atoms with Gasteiger partial charge in [-0.3, -0.25) is 0 Å². The van der Waals surface area contributed by atoms with Crippen LogP contribution in [0.5, 0.6) is 0 Å². The highest BCUT2D eigenvalue weighted by Crippen LogP contribution is 2.49. The van der Waals surface area contributed by atoms with Gasteiger partial charge in [-0.15, -0.1) is 0 Å². The summed E-state index contributed by atoms with van der Waals surface area (Å²) in [6.07, 6.45) is -1.99. The molecule has 0 aromatic heterocycles. The summed E-state index contributed by atoms with van der Waals surface area (Å²) >= 11 is 2.50. The molecule has 0 spiro atoms. The Kier molecular flexibility index (Phi) is 3.91. The van der Waals surface area contributed by atoms with Crippen molar-refractivity contribution >= 4 is 15.9 Å². The second-order valence-corrected chi connectivity index (χ2v) is 5.63. The van der Waals surface area contributed by atoms with Gasteiger partial charge in [-0.05, 0) is 42.4 Å². The normalized spacial score (nSPS) is 18.0. The molecule has 0 N–H and O–H groups in total. The fourth-order valence-corrected chi connectivity index (χ4v) is 2.81. The first kappa shape index (κ1) is 14.8. The minimum atomic E-state index is -5.56. The second kappa shape index (κ2) is 5.04. The smallest absolute Gasteiger partial charge is 0.195 e. The van der Waals surface area contributed by atoms with E-state index < -0.39 is 16.9 Å². The lowest BCUT2D eigenvalue weighted by molar-refractivity contribution is -0.281. The molecule has 0 amide bonds. The number of hydrogen-bond donors (Lipinski definition) is 0. The number of alkyl halides is 6. The molecule has 1 atom stereocenters. The molecule has 2 rings (SSSR count). The van der Waals surface area contributed by atoms with Crippen molar-refractivity contribution in [3.05, 3.63) is 34.9 Å². The molecule has 0 saturated carbocycles. The predicted octanol–water partition coefficient (Wildman–Crippen LogP) is 5.20. The molecule has 6 heteroatoms. The monoisotopic (exact) mass is 342 g/mol. The van der Waals surface area contributed by atoms with Crippen molar-refractivity contribution in [3.63, 3.8) is 0 Å². The average Bonchev–Trinajstić information content (AvgIpc) is 2.36. The van der Waals surface area contributed by atoms with Gasteiger partial charge < -0.3 is 0 Å². The van der Waals surface area contributed by atoms with Crippen LogP contribution in [-0.2, 0) is 12.8 Å². The molecule has 0 aliphatic heterocycles. The molecule has 0 saturated heterocycles. The van der Waals surface area contributed by atoms with Crippen LogP contribution in [0.2, 0.25) is 0 Å². The van der Waals surface area contributed by atoms with Crippen LogP contribution in [0, 0.1) is 0 Å². The topological polar surface area (TPSA) is 0 Å². The van der Waals surface area contributed by atoms with Gasteiger partial charge in [-0.25, -0.2) is 0 Å². The Hall–Kier alpha value is -0.650. The minimum absolute atomic E-state index is 0.0250. The van der Waals surface area contributed by atoms with Gasteiger partial charge in [0.1, 0.15) is 4.83 Å². The third-order valence-corrected chi connectivity index (χ3v) is 4.47. The van der Waals surface area contributed by atoms with Gasteiger partial charge in [0.15, 0.2) is 0 Å². The molecule has 0 nitrogen and oxygen atoms in total. The van der Waals surface area contributed by atoms with Gasteiger partial charge in [-0.1, -0.05) is 34.1 Å². The van der Waals surface area contributed by atoms with E-state index in [1.165, 1.54) is 12.1 Å². The summed E-state index contributed by atoms with van der Waals surface area (Å²) in [6.45, 7) is 0. The number of fused-ring (bicyclic) bond motifs is 1. The number of halogens is 6. The molecule has 1 aliphatic rings. The quantitative estimate of drug-likeness (QED) is 0.512. The predicted molar refractivity (Wildman–Crippen MR) is 65.8 cm³/mol. The summed E-state index contributed by atoms with van der Waals surface area (Å²) in [5.41, 5.74) is 1.90. The van der Waals surface area contributed by atoms with E-state index in [2.05, 4.69) is 15.9 Å². The van der Waals surface area contributed by atoms with Crippen LogP contribution < -0.4 is 0 Å². The van der Waals surface area contributed by atoms with Crippen LogP contribution in [0.4, 0.5) is 22.0 Å². The van der Waals surface area contributed by atoms with E-state index in [0.29, 0.717) is 0 Å². The maximum Gasteiger partial charge on any atom is 0.454 e. The van der Waals surface area contributed by atoms with Crippen molar-refractivity contribution in [1.82, 2.24) is 0 Å². The summed E-state index contributed by atoms with van der Waals surface area (Å²) in [7, 11) is 0. The molecule has 1 aliphatic carbocycles. The molecule has 0 fully saturated rings. The number of benzene rings is 1. The van der Waals surface area contributed by atoms with Gasteiger partial charge in [0.2, 0.25) is 0 Å². The van der Waals surface area contributed by atoms with Crippen molar-refractivity contribution in [1.29, 1.82) is 0 Å². The molecule has 1 aromatic rings. The molecule has 1 aromatic carbocycles. The summed E-state index contributed by atoms with van der Waals surface area (Å²) in [6, 6.07) is 4.47. The lowest BCUT2D eigenvalue weighted by atomic mass is 9.89. The SMILES string of the molecule is FC(F)(F)C(F)(F)C(Br)c1ccc2c(c1)CCCC2. The van der Waals surface area contributed by atoms with Gasteiger partial charge in [-0.2, -0.15) is 22.0 Å². The zero-order chi connectivity index (χ0) is 14.3. The highest BCUT2D eigenvalue weighted by Gasteiger charge is 2.62. The van der Waals surface area contributed by atoms with E-state index in [-0.39, 0.29) is 5.56 Å². The molecular formula is C13H12BrF5. The highest BCUT2D eigenvalue weighted by atomic mass is 79.9. The zero-order valence-electron chi connectivity index (χ0n) is 9.91.